The Balaban J connectivity index is 2.61. The van der Waals surface area contributed by atoms with Crippen LogP contribution in [0.15, 0.2) is 24.3 Å². The van der Waals surface area contributed by atoms with Crippen LogP contribution in [0.3, 0.4) is 0 Å². The fraction of sp³-hybridized carbons (Fsp3) is 0.545. The van der Waals surface area contributed by atoms with Gasteiger partial charge in [0.05, 0.1) is 25.9 Å². The largest absolute Gasteiger partial charge is 0.469 e. The second-order valence-corrected chi connectivity index (χ2v) is 6.67. The number of hydrogen-bond donors (Lipinski definition) is 2. The van der Waals surface area contributed by atoms with Crippen LogP contribution in [0.5, 0.6) is 0 Å². The normalized spacial score (nSPS) is 12.2. The number of hydrogen-bond acceptors (Lipinski definition) is 10. The zero-order valence-electron chi connectivity index (χ0n) is 18.6. The molecule has 2 N–H and O–H groups in total. The van der Waals surface area contributed by atoms with Gasteiger partial charge in [-0.3, -0.25) is 4.79 Å². The van der Waals surface area contributed by atoms with Gasteiger partial charge in [-0.1, -0.05) is 6.42 Å². The van der Waals surface area contributed by atoms with Gasteiger partial charge in [0.25, 0.3) is 0 Å². The van der Waals surface area contributed by atoms with E-state index in [1.54, 1.807) is 19.1 Å². The summed E-state index contributed by atoms with van der Waals surface area (Å²) in [4.78, 5) is 47.3. The van der Waals surface area contributed by atoms with Crippen molar-refractivity contribution in [3.8, 4) is 0 Å². The van der Waals surface area contributed by atoms with Crippen molar-refractivity contribution in [2.24, 2.45) is 0 Å². The molecule has 0 radical (unpaired) electrons. The summed E-state index contributed by atoms with van der Waals surface area (Å²) in [7, 11) is 1.36. The third-order valence-corrected chi connectivity index (χ3v) is 4.30. The van der Waals surface area contributed by atoms with Crippen LogP contribution in [0.2, 0.25) is 0 Å². The summed E-state index contributed by atoms with van der Waals surface area (Å²) in [6, 6.07) is 6.29. The van der Waals surface area contributed by atoms with Crippen LogP contribution in [-0.2, 0) is 33.3 Å². The zero-order valence-corrected chi connectivity index (χ0v) is 18.6. The molecule has 0 fully saturated rings. The molecule has 2 atom stereocenters. The molecule has 0 spiro atoms. The van der Waals surface area contributed by atoms with E-state index in [-0.39, 0.29) is 24.7 Å². The number of methoxy groups -OCH3 is 1. The van der Waals surface area contributed by atoms with Gasteiger partial charge in [0.15, 0.2) is 6.10 Å². The van der Waals surface area contributed by atoms with Crippen LogP contribution in [-0.4, -0.2) is 68.1 Å². The summed E-state index contributed by atoms with van der Waals surface area (Å²) in [5.74, 6) is -3.27. The van der Waals surface area contributed by atoms with Gasteiger partial charge >= 0.3 is 23.9 Å². The summed E-state index contributed by atoms with van der Waals surface area (Å²) >= 11 is 0. The number of esters is 4. The number of benzene rings is 1. The van der Waals surface area contributed by atoms with E-state index in [9.17, 15) is 24.3 Å². The first kappa shape index (κ1) is 26.9. The molecule has 0 saturated carbocycles. The van der Waals surface area contributed by atoms with Crippen molar-refractivity contribution in [3.05, 3.63) is 29.8 Å². The molecule has 0 bridgehead atoms. The summed E-state index contributed by atoms with van der Waals surface area (Å²) in [5.41, 5.74) is 0.891. The Morgan fingerprint density at radius 3 is 2.16 bits per heavy atom. The van der Waals surface area contributed by atoms with Crippen LogP contribution in [0.1, 0.15) is 49.9 Å². The summed E-state index contributed by atoms with van der Waals surface area (Å²) < 4.78 is 19.1. The van der Waals surface area contributed by atoms with Crippen LogP contribution in [0.4, 0.5) is 5.69 Å². The fourth-order valence-electron chi connectivity index (χ4n) is 2.63. The van der Waals surface area contributed by atoms with Gasteiger partial charge in [-0.15, -0.1) is 0 Å². The minimum Gasteiger partial charge on any atom is -0.469 e. The third kappa shape index (κ3) is 9.34. The van der Waals surface area contributed by atoms with E-state index < -0.39 is 30.1 Å². The standard InChI is InChI=1S/C22H31NO9/c1-4-30-21(27)18(25)19(22(28)31-5-2)32-20(26)15-10-12-16(13-11-15)23-14-8-6-7-9-17(24)29-3/h10-13,18-19,23,25H,4-9,14H2,1-3H3. The van der Waals surface area contributed by atoms with Crippen LogP contribution < -0.4 is 5.32 Å². The molecule has 2 unspecified atom stereocenters. The molecule has 1 aromatic carbocycles. The molecule has 0 aromatic heterocycles. The first-order chi connectivity index (χ1) is 15.3. The highest BCUT2D eigenvalue weighted by molar-refractivity contribution is 5.93. The Bertz CT molecular complexity index is 748. The average Bonchev–Trinajstić information content (AvgIpc) is 2.79. The Kier molecular flexibility index (Phi) is 12.4. The molecule has 32 heavy (non-hydrogen) atoms. The van der Waals surface area contributed by atoms with Gasteiger partial charge in [0.1, 0.15) is 0 Å². The number of carbonyl (C=O) groups is 4. The second kappa shape index (κ2) is 14.8. The Morgan fingerprint density at radius 1 is 0.938 bits per heavy atom. The van der Waals surface area contributed by atoms with E-state index in [1.165, 1.54) is 26.2 Å². The molecule has 0 aliphatic heterocycles. The Labute approximate surface area is 187 Å². The molecule has 178 valence electrons. The monoisotopic (exact) mass is 453 g/mol. The van der Waals surface area contributed by atoms with E-state index >= 15 is 0 Å². The van der Waals surface area contributed by atoms with E-state index in [0.29, 0.717) is 13.0 Å². The number of rotatable bonds is 14. The number of carbonyl (C=O) groups excluding carboxylic acids is 4. The lowest BCUT2D eigenvalue weighted by Gasteiger charge is -2.20. The van der Waals surface area contributed by atoms with Crippen molar-refractivity contribution in [1.82, 2.24) is 0 Å². The first-order valence-electron chi connectivity index (χ1n) is 10.5. The summed E-state index contributed by atoms with van der Waals surface area (Å²) in [6.07, 6.45) is -0.982. The number of unbranched alkanes of at least 4 members (excludes halogenated alkanes) is 2. The van der Waals surface area contributed by atoms with Crippen molar-refractivity contribution < 1.29 is 43.2 Å². The molecule has 0 amide bonds. The number of aliphatic hydroxyl groups is 1. The lowest BCUT2D eigenvalue weighted by molar-refractivity contribution is -0.172. The van der Waals surface area contributed by atoms with E-state index in [4.69, 9.17) is 9.47 Å². The number of ether oxygens (including phenoxy) is 4. The molecule has 0 aliphatic carbocycles. The van der Waals surface area contributed by atoms with Crippen molar-refractivity contribution in [2.45, 2.75) is 51.7 Å². The maximum atomic E-state index is 12.4. The third-order valence-electron chi connectivity index (χ3n) is 4.30. The molecule has 0 heterocycles. The van der Waals surface area contributed by atoms with Gasteiger partial charge in [-0.25, -0.2) is 14.4 Å². The summed E-state index contributed by atoms with van der Waals surface area (Å²) in [5, 5.41) is 13.3. The van der Waals surface area contributed by atoms with Crippen molar-refractivity contribution in [3.63, 3.8) is 0 Å². The van der Waals surface area contributed by atoms with Crippen molar-refractivity contribution >= 4 is 29.6 Å². The van der Waals surface area contributed by atoms with Crippen molar-refractivity contribution in [1.29, 1.82) is 0 Å². The van der Waals surface area contributed by atoms with Gasteiger partial charge in [-0.05, 0) is 51.0 Å². The average molecular weight is 453 g/mol. The van der Waals surface area contributed by atoms with Crippen LogP contribution in [0, 0.1) is 0 Å². The highest BCUT2D eigenvalue weighted by Gasteiger charge is 2.38. The lowest BCUT2D eigenvalue weighted by Crippen LogP contribution is -2.44. The minimum atomic E-state index is -2.00. The van der Waals surface area contributed by atoms with Gasteiger partial charge in [0, 0.05) is 18.7 Å². The molecule has 0 aliphatic rings. The maximum absolute atomic E-state index is 12.4. The quantitative estimate of drug-likeness (QED) is 0.244. The smallest absolute Gasteiger partial charge is 0.350 e. The lowest BCUT2D eigenvalue weighted by atomic mass is 10.1. The molecule has 10 nitrogen and oxygen atoms in total. The van der Waals surface area contributed by atoms with Crippen LogP contribution in [0.25, 0.3) is 0 Å². The van der Waals surface area contributed by atoms with Gasteiger partial charge in [0.2, 0.25) is 6.10 Å². The molecular formula is C22H31NO9. The molecule has 1 aromatic rings. The number of anilines is 1. The number of nitrogens with one attached hydrogen (secondary N) is 1. The summed E-state index contributed by atoms with van der Waals surface area (Å²) in [6.45, 7) is 3.72. The van der Waals surface area contributed by atoms with Crippen molar-refractivity contribution in [2.75, 3.05) is 32.2 Å². The molecular weight excluding hydrogens is 422 g/mol. The Hall–Kier alpha value is -3.14. The predicted octanol–water partition coefficient (Wildman–Crippen LogP) is 1.84. The second-order valence-electron chi connectivity index (χ2n) is 6.67. The molecule has 10 heteroatoms. The van der Waals surface area contributed by atoms with Gasteiger partial charge < -0.3 is 29.4 Å². The fourth-order valence-corrected chi connectivity index (χ4v) is 2.63. The van der Waals surface area contributed by atoms with Gasteiger partial charge in [-0.2, -0.15) is 0 Å². The Morgan fingerprint density at radius 2 is 1.56 bits per heavy atom. The maximum Gasteiger partial charge on any atom is 0.350 e. The number of aliphatic hydroxyl groups excluding tert-OH is 1. The zero-order chi connectivity index (χ0) is 23.9. The van der Waals surface area contributed by atoms with E-state index in [2.05, 4.69) is 14.8 Å². The predicted molar refractivity (Wildman–Crippen MR) is 114 cm³/mol. The van der Waals surface area contributed by atoms with Crippen LogP contribution >= 0.6 is 0 Å². The molecule has 1 rings (SSSR count). The minimum absolute atomic E-state index is 0.0148. The SMILES string of the molecule is CCOC(=O)C(O)C(OC(=O)c1ccc(NCCCCCC(=O)OC)cc1)C(=O)OCC. The molecule has 0 saturated heterocycles. The first-order valence-corrected chi connectivity index (χ1v) is 10.5. The van der Waals surface area contributed by atoms with E-state index in [1.807, 2.05) is 0 Å². The topological polar surface area (TPSA) is 137 Å². The van der Waals surface area contributed by atoms with E-state index in [0.717, 1.165) is 24.9 Å². The highest BCUT2D eigenvalue weighted by Crippen LogP contribution is 2.14. The highest BCUT2D eigenvalue weighted by atomic mass is 16.6.